The molecule has 0 unspecified atom stereocenters. The number of carbonyl (C=O) groups excluding carboxylic acids is 1. The Bertz CT molecular complexity index is 657. The maximum atomic E-state index is 13.3. The Hall–Kier alpha value is -2.29. The summed E-state index contributed by atoms with van der Waals surface area (Å²) in [7, 11) is 1.49. The number of alkyl halides is 3. The van der Waals surface area contributed by atoms with Crippen LogP contribution >= 0.6 is 0 Å². The molecule has 0 spiro atoms. The third kappa shape index (κ3) is 4.38. The Balaban J connectivity index is 2.31. The summed E-state index contributed by atoms with van der Waals surface area (Å²) in [5, 5.41) is 6.48. The molecule has 2 rings (SSSR count). The number of nitrogens with zero attached hydrogens (tertiary/aromatic N) is 1. The van der Waals surface area contributed by atoms with Gasteiger partial charge in [-0.15, -0.1) is 0 Å². The van der Waals surface area contributed by atoms with Gasteiger partial charge in [0.1, 0.15) is 12.3 Å². The predicted molar refractivity (Wildman–Crippen MR) is 82.0 cm³/mol. The first kappa shape index (κ1) is 18.1. The Labute approximate surface area is 137 Å². The molecule has 0 radical (unpaired) electrons. The molecule has 2 N–H and O–H groups in total. The first-order valence-corrected chi connectivity index (χ1v) is 7.12. The molecule has 0 bridgehead atoms. The van der Waals surface area contributed by atoms with E-state index in [1.165, 1.54) is 19.2 Å². The van der Waals surface area contributed by atoms with Crippen molar-refractivity contribution in [3.63, 3.8) is 0 Å². The number of hydrazone groups is 1. The SMILES string of the molecule is COC(C)(C)CNc1ccc(C2=NNC(=O)OC2)cc1C(F)(F)F. The number of amides is 1. The Morgan fingerprint density at radius 2 is 2.08 bits per heavy atom. The van der Waals surface area contributed by atoms with E-state index in [2.05, 4.69) is 15.8 Å². The van der Waals surface area contributed by atoms with Gasteiger partial charge in [-0.2, -0.15) is 18.3 Å². The summed E-state index contributed by atoms with van der Waals surface area (Å²) in [6, 6.07) is 3.78. The van der Waals surface area contributed by atoms with Gasteiger partial charge in [0.15, 0.2) is 0 Å². The van der Waals surface area contributed by atoms with E-state index in [-0.39, 0.29) is 30.1 Å². The van der Waals surface area contributed by atoms with Crippen LogP contribution in [0.15, 0.2) is 23.3 Å². The first-order chi connectivity index (χ1) is 11.1. The molecule has 0 saturated heterocycles. The van der Waals surface area contributed by atoms with Crippen LogP contribution in [0.5, 0.6) is 0 Å². The molecule has 1 amide bonds. The fourth-order valence-electron chi connectivity index (χ4n) is 1.95. The molecule has 0 atom stereocenters. The third-order valence-corrected chi connectivity index (χ3v) is 3.54. The van der Waals surface area contributed by atoms with Gasteiger partial charge in [-0.3, -0.25) is 0 Å². The van der Waals surface area contributed by atoms with E-state index < -0.39 is 23.4 Å². The van der Waals surface area contributed by atoms with Crippen LogP contribution in [0.2, 0.25) is 0 Å². The highest BCUT2D eigenvalue weighted by molar-refractivity contribution is 6.04. The van der Waals surface area contributed by atoms with Gasteiger partial charge in [-0.1, -0.05) is 6.07 Å². The third-order valence-electron chi connectivity index (χ3n) is 3.54. The number of methoxy groups -OCH3 is 1. The average Bonchev–Trinajstić information content (AvgIpc) is 2.53. The van der Waals surface area contributed by atoms with Crippen molar-refractivity contribution in [1.29, 1.82) is 0 Å². The zero-order valence-corrected chi connectivity index (χ0v) is 13.5. The van der Waals surface area contributed by atoms with Crippen LogP contribution in [0.25, 0.3) is 0 Å². The van der Waals surface area contributed by atoms with Gasteiger partial charge in [-0.05, 0) is 26.0 Å². The normalized spacial score (nSPS) is 15.4. The summed E-state index contributed by atoms with van der Waals surface area (Å²) in [4.78, 5) is 10.9. The van der Waals surface area contributed by atoms with Gasteiger partial charge in [-0.25, -0.2) is 10.2 Å². The van der Waals surface area contributed by atoms with Crippen molar-refractivity contribution in [2.75, 3.05) is 25.6 Å². The standard InChI is InChI=1S/C15H18F3N3O3/c1-14(2,23-3)8-19-11-5-4-9(6-10(11)15(16,17)18)12-7-24-13(22)21-20-12/h4-6,19H,7-8H2,1-3H3,(H,21,22). The van der Waals surface area contributed by atoms with Crippen molar-refractivity contribution in [2.45, 2.75) is 25.6 Å². The number of rotatable bonds is 5. The number of nitrogens with one attached hydrogen (secondary N) is 2. The van der Waals surface area contributed by atoms with Crippen LogP contribution in [-0.4, -0.2) is 37.7 Å². The number of carbonyl (C=O) groups is 1. The topological polar surface area (TPSA) is 72.0 Å². The lowest BCUT2D eigenvalue weighted by Crippen LogP contribution is -2.33. The summed E-state index contributed by atoms with van der Waals surface area (Å²) in [5.74, 6) is 0. The number of hydrogen-bond acceptors (Lipinski definition) is 5. The number of anilines is 1. The highest BCUT2D eigenvalue weighted by Crippen LogP contribution is 2.36. The molecule has 0 aliphatic carbocycles. The summed E-state index contributed by atoms with van der Waals surface area (Å²) in [6.07, 6.45) is -5.29. The zero-order valence-electron chi connectivity index (χ0n) is 13.5. The second kappa shape index (κ2) is 6.68. The molecule has 132 valence electrons. The quantitative estimate of drug-likeness (QED) is 0.861. The maximum absolute atomic E-state index is 13.3. The molecule has 1 aliphatic rings. The number of hydrogen-bond donors (Lipinski definition) is 2. The smallest absolute Gasteiger partial charge is 0.428 e. The molecule has 24 heavy (non-hydrogen) atoms. The van der Waals surface area contributed by atoms with E-state index in [0.717, 1.165) is 6.07 Å². The Morgan fingerprint density at radius 3 is 2.62 bits per heavy atom. The van der Waals surface area contributed by atoms with Gasteiger partial charge in [0.25, 0.3) is 0 Å². The minimum Gasteiger partial charge on any atom is -0.442 e. The van der Waals surface area contributed by atoms with Crippen molar-refractivity contribution < 1.29 is 27.4 Å². The van der Waals surface area contributed by atoms with E-state index in [0.29, 0.717) is 0 Å². The van der Waals surface area contributed by atoms with Crippen molar-refractivity contribution in [3.05, 3.63) is 29.3 Å². The first-order valence-electron chi connectivity index (χ1n) is 7.12. The second-order valence-corrected chi connectivity index (χ2v) is 5.82. The summed E-state index contributed by atoms with van der Waals surface area (Å²) < 4.78 is 49.9. The molecule has 1 heterocycles. The van der Waals surface area contributed by atoms with Crippen LogP contribution in [0, 0.1) is 0 Å². The van der Waals surface area contributed by atoms with Crippen LogP contribution in [0.3, 0.4) is 0 Å². The van der Waals surface area contributed by atoms with Crippen molar-refractivity contribution in [3.8, 4) is 0 Å². The van der Waals surface area contributed by atoms with Crippen molar-refractivity contribution in [2.24, 2.45) is 5.10 Å². The Kier molecular flexibility index (Phi) is 5.02. The fraction of sp³-hybridized carbons (Fsp3) is 0.467. The largest absolute Gasteiger partial charge is 0.442 e. The molecule has 9 heteroatoms. The monoisotopic (exact) mass is 345 g/mol. The van der Waals surface area contributed by atoms with Gasteiger partial charge in [0.2, 0.25) is 0 Å². The highest BCUT2D eigenvalue weighted by atomic mass is 19.4. The number of cyclic esters (lactones) is 1. The number of halogens is 3. The highest BCUT2D eigenvalue weighted by Gasteiger charge is 2.34. The van der Waals surface area contributed by atoms with Crippen LogP contribution in [0.4, 0.5) is 23.7 Å². The summed E-state index contributed by atoms with van der Waals surface area (Å²) >= 11 is 0. The van der Waals surface area contributed by atoms with Gasteiger partial charge < -0.3 is 14.8 Å². The van der Waals surface area contributed by atoms with Crippen molar-refractivity contribution in [1.82, 2.24) is 5.43 Å². The molecular formula is C15H18F3N3O3. The molecular weight excluding hydrogens is 327 g/mol. The van der Waals surface area contributed by atoms with Gasteiger partial charge >= 0.3 is 12.3 Å². The van der Waals surface area contributed by atoms with E-state index in [4.69, 9.17) is 9.47 Å². The number of ether oxygens (including phenoxy) is 2. The number of benzene rings is 1. The maximum Gasteiger partial charge on any atom is 0.428 e. The fourth-order valence-corrected chi connectivity index (χ4v) is 1.95. The van der Waals surface area contributed by atoms with E-state index >= 15 is 0 Å². The van der Waals surface area contributed by atoms with Crippen LogP contribution in [0.1, 0.15) is 25.0 Å². The summed E-state index contributed by atoms with van der Waals surface area (Å²) in [6.45, 7) is 3.54. The lowest BCUT2D eigenvalue weighted by molar-refractivity contribution is -0.137. The Morgan fingerprint density at radius 1 is 1.38 bits per heavy atom. The minimum atomic E-state index is -4.55. The van der Waals surface area contributed by atoms with E-state index in [9.17, 15) is 18.0 Å². The predicted octanol–water partition coefficient (Wildman–Crippen LogP) is 2.99. The van der Waals surface area contributed by atoms with Gasteiger partial charge in [0, 0.05) is 24.9 Å². The van der Waals surface area contributed by atoms with Crippen LogP contribution < -0.4 is 10.7 Å². The zero-order chi connectivity index (χ0) is 18.0. The van der Waals surface area contributed by atoms with Crippen LogP contribution in [-0.2, 0) is 15.7 Å². The average molecular weight is 345 g/mol. The molecule has 0 saturated carbocycles. The molecule has 1 aromatic carbocycles. The van der Waals surface area contributed by atoms with E-state index in [1.807, 2.05) is 0 Å². The molecule has 0 aromatic heterocycles. The van der Waals surface area contributed by atoms with Crippen molar-refractivity contribution >= 4 is 17.5 Å². The molecule has 6 nitrogen and oxygen atoms in total. The summed E-state index contributed by atoms with van der Waals surface area (Å²) in [5.41, 5.74) is 1.000. The lowest BCUT2D eigenvalue weighted by atomic mass is 10.0. The molecule has 1 aliphatic heterocycles. The molecule has 1 aromatic rings. The molecule has 0 fully saturated rings. The van der Waals surface area contributed by atoms with Gasteiger partial charge in [0.05, 0.1) is 11.2 Å². The second-order valence-electron chi connectivity index (χ2n) is 5.82. The lowest BCUT2D eigenvalue weighted by Gasteiger charge is -2.25. The van der Waals surface area contributed by atoms with E-state index in [1.54, 1.807) is 13.8 Å². The minimum absolute atomic E-state index is 0.0576.